The third-order valence-corrected chi connectivity index (χ3v) is 2.87. The van der Waals surface area contributed by atoms with Gasteiger partial charge in [0.05, 0.1) is 0 Å². The second-order valence-corrected chi connectivity index (χ2v) is 4.70. The van der Waals surface area contributed by atoms with Gasteiger partial charge in [-0.25, -0.2) is 0 Å². The molecule has 1 heterocycles. The van der Waals surface area contributed by atoms with Gasteiger partial charge in [-0.15, -0.1) is 10.2 Å². The molecule has 0 spiro atoms. The Bertz CT molecular complexity index is 545. The average molecular weight is 251 g/mol. The molecule has 0 saturated carbocycles. The molecule has 0 aliphatic carbocycles. The van der Waals surface area contributed by atoms with E-state index in [2.05, 4.69) is 24.0 Å². The summed E-state index contributed by atoms with van der Waals surface area (Å²) in [5.74, 6) is 1.63. The van der Waals surface area contributed by atoms with Crippen molar-refractivity contribution in [3.8, 4) is 11.4 Å². The molecular weight excluding hydrogens is 236 g/mol. The number of hydrogen-bond donors (Lipinski definition) is 1. The molecule has 17 heavy (non-hydrogen) atoms. The Labute approximate surface area is 105 Å². The van der Waals surface area contributed by atoms with Crippen molar-refractivity contribution in [1.29, 1.82) is 0 Å². The fourth-order valence-electron chi connectivity index (χ4n) is 1.89. The fourth-order valence-corrected chi connectivity index (χ4v) is 2.07. The molecule has 0 atom stereocenters. The number of aromatic nitrogens is 3. The molecule has 90 valence electrons. The van der Waals surface area contributed by atoms with Crippen LogP contribution in [0.25, 0.3) is 11.4 Å². The van der Waals surface area contributed by atoms with E-state index in [0.29, 0.717) is 10.7 Å². The molecule has 2 aromatic rings. The second-order valence-electron chi connectivity index (χ2n) is 4.27. The minimum Gasteiger partial charge on any atom is -0.398 e. The topological polar surface area (TPSA) is 56.7 Å². The minimum absolute atomic E-state index is 0.276. The number of hydrogen-bond acceptors (Lipinski definition) is 3. The summed E-state index contributed by atoms with van der Waals surface area (Å²) >= 11 is 5.99. The maximum Gasteiger partial charge on any atom is 0.166 e. The van der Waals surface area contributed by atoms with Crippen LogP contribution in [0.3, 0.4) is 0 Å². The molecular formula is C12H15ClN4. The van der Waals surface area contributed by atoms with Crippen LogP contribution in [0.5, 0.6) is 0 Å². The van der Waals surface area contributed by atoms with Gasteiger partial charge in [0.25, 0.3) is 0 Å². The first kappa shape index (κ1) is 11.9. The van der Waals surface area contributed by atoms with Crippen LogP contribution in [0.1, 0.15) is 25.7 Å². The highest BCUT2D eigenvalue weighted by Gasteiger charge is 2.15. The van der Waals surface area contributed by atoms with Crippen LogP contribution < -0.4 is 5.73 Å². The highest BCUT2D eigenvalue weighted by Crippen LogP contribution is 2.29. The number of nitrogens with zero attached hydrogens (tertiary/aromatic N) is 3. The molecule has 1 aromatic heterocycles. The van der Waals surface area contributed by atoms with Crippen molar-refractivity contribution in [1.82, 2.24) is 14.8 Å². The fraction of sp³-hybridized carbons (Fsp3) is 0.333. The summed E-state index contributed by atoms with van der Waals surface area (Å²) in [7, 11) is 0. The van der Waals surface area contributed by atoms with Gasteiger partial charge in [0.15, 0.2) is 5.82 Å². The molecule has 0 bridgehead atoms. The maximum atomic E-state index is 5.99. The lowest BCUT2D eigenvalue weighted by molar-refractivity contribution is 0.588. The van der Waals surface area contributed by atoms with Crippen LogP contribution in [-0.4, -0.2) is 14.8 Å². The van der Waals surface area contributed by atoms with Gasteiger partial charge in [0, 0.05) is 22.3 Å². The van der Waals surface area contributed by atoms with Crippen LogP contribution in [0.2, 0.25) is 5.02 Å². The lowest BCUT2D eigenvalue weighted by Crippen LogP contribution is -2.06. The highest BCUT2D eigenvalue weighted by atomic mass is 35.5. The molecule has 0 saturated heterocycles. The monoisotopic (exact) mass is 250 g/mol. The van der Waals surface area contributed by atoms with Crippen molar-refractivity contribution in [3.05, 3.63) is 29.0 Å². The van der Waals surface area contributed by atoms with Crippen molar-refractivity contribution >= 4 is 17.3 Å². The largest absolute Gasteiger partial charge is 0.398 e. The first-order valence-electron chi connectivity index (χ1n) is 5.47. The van der Waals surface area contributed by atoms with Gasteiger partial charge in [0.1, 0.15) is 5.82 Å². The van der Waals surface area contributed by atoms with Gasteiger partial charge < -0.3 is 10.3 Å². The van der Waals surface area contributed by atoms with Crippen LogP contribution in [0.4, 0.5) is 5.69 Å². The number of benzene rings is 1. The van der Waals surface area contributed by atoms with Gasteiger partial charge in [-0.1, -0.05) is 11.6 Å². The zero-order chi connectivity index (χ0) is 12.6. The SMILES string of the molecule is Cc1nnc(-c2cc(Cl)ccc2N)n1C(C)C. The van der Waals surface area contributed by atoms with E-state index >= 15 is 0 Å². The van der Waals surface area contributed by atoms with E-state index in [1.165, 1.54) is 0 Å². The standard InChI is InChI=1S/C12H15ClN4/c1-7(2)17-8(3)15-16-12(17)10-6-9(13)4-5-11(10)14/h4-7H,14H2,1-3H3. The summed E-state index contributed by atoms with van der Waals surface area (Å²) in [4.78, 5) is 0. The number of rotatable bonds is 2. The lowest BCUT2D eigenvalue weighted by atomic mass is 10.1. The van der Waals surface area contributed by atoms with E-state index in [1.54, 1.807) is 12.1 Å². The quantitative estimate of drug-likeness (QED) is 0.834. The van der Waals surface area contributed by atoms with Crippen LogP contribution in [0, 0.1) is 6.92 Å². The van der Waals surface area contributed by atoms with Gasteiger partial charge in [0.2, 0.25) is 0 Å². The van der Waals surface area contributed by atoms with Crippen molar-refractivity contribution in [2.75, 3.05) is 5.73 Å². The number of nitrogens with two attached hydrogens (primary N) is 1. The van der Waals surface area contributed by atoms with E-state index < -0.39 is 0 Å². The molecule has 0 unspecified atom stereocenters. The van der Waals surface area contributed by atoms with Crippen molar-refractivity contribution in [3.63, 3.8) is 0 Å². The predicted molar refractivity (Wildman–Crippen MR) is 70.0 cm³/mol. The number of anilines is 1. The lowest BCUT2D eigenvalue weighted by Gasteiger charge is -2.13. The Hall–Kier alpha value is -1.55. The van der Waals surface area contributed by atoms with Crippen LogP contribution in [0.15, 0.2) is 18.2 Å². The number of halogens is 1. The molecule has 0 fully saturated rings. The Kier molecular flexibility index (Phi) is 3.07. The predicted octanol–water partition coefficient (Wildman–Crippen LogP) is 3.07. The van der Waals surface area contributed by atoms with Gasteiger partial charge in [-0.3, -0.25) is 0 Å². The summed E-state index contributed by atoms with van der Waals surface area (Å²) in [6, 6.07) is 5.65. The normalized spacial score (nSPS) is 11.1. The molecule has 0 radical (unpaired) electrons. The summed E-state index contributed by atoms with van der Waals surface area (Å²) in [5, 5.41) is 8.93. The number of nitrogen functional groups attached to an aromatic ring is 1. The van der Waals surface area contributed by atoms with E-state index in [-0.39, 0.29) is 6.04 Å². The molecule has 0 aliphatic rings. The molecule has 4 nitrogen and oxygen atoms in total. The molecule has 5 heteroatoms. The van der Waals surface area contributed by atoms with Crippen LogP contribution >= 0.6 is 11.6 Å². The Morgan fingerprint density at radius 1 is 1.29 bits per heavy atom. The summed E-state index contributed by atoms with van der Waals surface area (Å²) < 4.78 is 2.04. The Balaban J connectivity index is 2.64. The summed E-state index contributed by atoms with van der Waals surface area (Å²) in [6.07, 6.45) is 0. The molecule has 0 aliphatic heterocycles. The smallest absolute Gasteiger partial charge is 0.166 e. The molecule has 1 aromatic carbocycles. The molecule has 2 N–H and O–H groups in total. The highest BCUT2D eigenvalue weighted by molar-refractivity contribution is 6.31. The van der Waals surface area contributed by atoms with Crippen LogP contribution in [-0.2, 0) is 0 Å². The Morgan fingerprint density at radius 2 is 2.00 bits per heavy atom. The van der Waals surface area contributed by atoms with Crippen molar-refractivity contribution in [2.45, 2.75) is 26.8 Å². The van der Waals surface area contributed by atoms with E-state index in [4.69, 9.17) is 17.3 Å². The first-order chi connectivity index (χ1) is 8.00. The zero-order valence-corrected chi connectivity index (χ0v) is 10.9. The minimum atomic E-state index is 0.276. The maximum absolute atomic E-state index is 5.99. The summed E-state index contributed by atoms with van der Waals surface area (Å²) in [6.45, 7) is 6.10. The van der Waals surface area contributed by atoms with E-state index in [0.717, 1.165) is 17.2 Å². The first-order valence-corrected chi connectivity index (χ1v) is 5.85. The summed E-state index contributed by atoms with van der Waals surface area (Å²) in [5.41, 5.74) is 7.44. The average Bonchev–Trinajstić information content (AvgIpc) is 2.64. The molecule has 2 rings (SSSR count). The Morgan fingerprint density at radius 3 is 2.65 bits per heavy atom. The third kappa shape index (κ3) is 2.13. The second kappa shape index (κ2) is 4.37. The van der Waals surface area contributed by atoms with Crippen molar-refractivity contribution < 1.29 is 0 Å². The van der Waals surface area contributed by atoms with Gasteiger partial charge in [-0.2, -0.15) is 0 Å². The van der Waals surface area contributed by atoms with E-state index in [9.17, 15) is 0 Å². The third-order valence-electron chi connectivity index (χ3n) is 2.64. The van der Waals surface area contributed by atoms with Gasteiger partial charge in [-0.05, 0) is 39.0 Å². The van der Waals surface area contributed by atoms with E-state index in [1.807, 2.05) is 17.6 Å². The van der Waals surface area contributed by atoms with Crippen molar-refractivity contribution in [2.24, 2.45) is 0 Å². The van der Waals surface area contributed by atoms with Gasteiger partial charge >= 0.3 is 0 Å². The molecule has 0 amide bonds. The zero-order valence-electron chi connectivity index (χ0n) is 10.1. The number of aryl methyl sites for hydroxylation is 1.